The van der Waals surface area contributed by atoms with Crippen LogP contribution in [0, 0.1) is 5.92 Å². The molecule has 1 aromatic heterocycles. The summed E-state index contributed by atoms with van der Waals surface area (Å²) in [4.78, 5) is 0. The Kier molecular flexibility index (Phi) is 4.86. The highest BCUT2D eigenvalue weighted by atomic mass is 35.5. The Morgan fingerprint density at radius 1 is 1.32 bits per heavy atom. The molecule has 0 radical (unpaired) electrons. The Balaban J connectivity index is 2.26. The molecule has 1 heterocycles. The lowest BCUT2D eigenvalue weighted by Gasteiger charge is -2.13. The second-order valence-corrected chi connectivity index (χ2v) is 5.72. The smallest absolute Gasteiger partial charge is 0.0877 e. The number of para-hydroxylation sites is 1. The van der Waals surface area contributed by atoms with Crippen molar-refractivity contribution in [2.75, 3.05) is 6.54 Å². The molecule has 1 aromatic carbocycles. The first-order valence-electron chi connectivity index (χ1n) is 6.26. The third-order valence-corrected chi connectivity index (χ3v) is 3.22. The zero-order valence-corrected chi connectivity index (χ0v) is 12.5. The van der Waals surface area contributed by atoms with Gasteiger partial charge in [0.2, 0.25) is 0 Å². The van der Waals surface area contributed by atoms with Gasteiger partial charge in [-0.1, -0.05) is 49.2 Å². The van der Waals surface area contributed by atoms with Crippen LogP contribution in [0.5, 0.6) is 0 Å². The maximum absolute atomic E-state index is 6.28. The summed E-state index contributed by atoms with van der Waals surface area (Å²) in [6, 6.07) is 5.85. The number of nitrogens with one attached hydrogen (secondary N) is 1. The van der Waals surface area contributed by atoms with Crippen molar-refractivity contribution in [3.63, 3.8) is 0 Å². The molecule has 102 valence electrons. The summed E-state index contributed by atoms with van der Waals surface area (Å²) in [7, 11) is 0. The molecule has 0 spiro atoms. The molecule has 2 aromatic rings. The van der Waals surface area contributed by atoms with Crippen LogP contribution in [0.4, 0.5) is 0 Å². The van der Waals surface area contributed by atoms with Crippen molar-refractivity contribution in [2.24, 2.45) is 5.92 Å². The quantitative estimate of drug-likeness (QED) is 0.906. The second kappa shape index (κ2) is 6.42. The summed E-state index contributed by atoms with van der Waals surface area (Å²) in [6.07, 6.45) is 3.37. The number of halogens is 2. The highest BCUT2D eigenvalue weighted by Gasteiger charge is 2.10. The normalized spacial score (nSPS) is 11.2. The predicted molar refractivity (Wildman–Crippen MR) is 80.1 cm³/mol. The molecule has 19 heavy (non-hydrogen) atoms. The molecule has 0 aliphatic carbocycles. The summed E-state index contributed by atoms with van der Waals surface area (Å²) < 4.78 is 1.72. The fraction of sp³-hybridized carbons (Fsp3) is 0.357. The number of rotatable bonds is 5. The minimum Gasteiger partial charge on any atom is -0.312 e. The summed E-state index contributed by atoms with van der Waals surface area (Å²) in [5.41, 5.74) is 1.99. The molecule has 0 amide bonds. The molecule has 0 atom stereocenters. The molecule has 0 saturated heterocycles. The molecule has 1 N–H and O–H groups in total. The van der Waals surface area contributed by atoms with Gasteiger partial charge in [0.25, 0.3) is 0 Å². The molecule has 0 saturated carbocycles. The third kappa shape index (κ3) is 3.72. The molecule has 0 unspecified atom stereocenters. The summed E-state index contributed by atoms with van der Waals surface area (Å²) in [5.74, 6) is 0.613. The van der Waals surface area contributed by atoms with Crippen LogP contribution in [-0.4, -0.2) is 16.3 Å². The Morgan fingerprint density at radius 3 is 2.74 bits per heavy atom. The third-order valence-electron chi connectivity index (χ3n) is 2.72. The molecular weight excluding hydrogens is 281 g/mol. The summed E-state index contributed by atoms with van der Waals surface area (Å²) in [6.45, 7) is 6.08. The van der Waals surface area contributed by atoms with Crippen LogP contribution in [-0.2, 0) is 6.54 Å². The van der Waals surface area contributed by atoms with E-state index in [0.717, 1.165) is 24.3 Å². The van der Waals surface area contributed by atoms with Crippen molar-refractivity contribution in [3.8, 4) is 5.69 Å². The van der Waals surface area contributed by atoms with Crippen LogP contribution in [0.1, 0.15) is 19.4 Å². The Hall–Kier alpha value is -1.03. The van der Waals surface area contributed by atoms with E-state index in [1.165, 1.54) is 0 Å². The van der Waals surface area contributed by atoms with Gasteiger partial charge in [0.05, 0.1) is 21.9 Å². The topological polar surface area (TPSA) is 29.9 Å². The minimum absolute atomic E-state index is 0.598. The van der Waals surface area contributed by atoms with Crippen LogP contribution in [0.15, 0.2) is 30.6 Å². The molecule has 0 aliphatic heterocycles. The molecule has 5 heteroatoms. The van der Waals surface area contributed by atoms with E-state index in [0.29, 0.717) is 16.0 Å². The van der Waals surface area contributed by atoms with Crippen molar-refractivity contribution in [1.29, 1.82) is 0 Å². The monoisotopic (exact) mass is 297 g/mol. The highest BCUT2D eigenvalue weighted by Crippen LogP contribution is 2.25. The van der Waals surface area contributed by atoms with Crippen LogP contribution in [0.3, 0.4) is 0 Å². The number of nitrogens with zero attached hydrogens (tertiary/aromatic N) is 2. The lowest BCUT2D eigenvalue weighted by atomic mass is 10.1. The molecule has 0 aliphatic rings. The van der Waals surface area contributed by atoms with Crippen molar-refractivity contribution >= 4 is 23.2 Å². The Morgan fingerprint density at radius 2 is 2.11 bits per heavy atom. The van der Waals surface area contributed by atoms with Gasteiger partial charge >= 0.3 is 0 Å². The maximum atomic E-state index is 6.28. The minimum atomic E-state index is 0.598. The maximum Gasteiger partial charge on any atom is 0.0877 e. The zero-order valence-electron chi connectivity index (χ0n) is 11.0. The lowest BCUT2D eigenvalue weighted by Crippen LogP contribution is -2.20. The largest absolute Gasteiger partial charge is 0.312 e. The van der Waals surface area contributed by atoms with Crippen LogP contribution in [0.25, 0.3) is 5.69 Å². The van der Waals surface area contributed by atoms with Gasteiger partial charge in [-0.15, -0.1) is 0 Å². The average molecular weight is 298 g/mol. The first-order valence-corrected chi connectivity index (χ1v) is 7.02. The van der Waals surface area contributed by atoms with E-state index in [1.54, 1.807) is 17.1 Å². The van der Waals surface area contributed by atoms with E-state index in [-0.39, 0.29) is 0 Å². The molecule has 0 fully saturated rings. The fourth-order valence-corrected chi connectivity index (χ4v) is 2.29. The zero-order chi connectivity index (χ0) is 13.8. The van der Waals surface area contributed by atoms with Gasteiger partial charge < -0.3 is 5.32 Å². The van der Waals surface area contributed by atoms with Crippen molar-refractivity contribution in [2.45, 2.75) is 20.4 Å². The van der Waals surface area contributed by atoms with E-state index in [2.05, 4.69) is 24.3 Å². The molecular formula is C14H17Cl2N3. The van der Waals surface area contributed by atoms with E-state index in [9.17, 15) is 0 Å². The van der Waals surface area contributed by atoms with Crippen molar-refractivity contribution in [3.05, 3.63) is 46.2 Å². The van der Waals surface area contributed by atoms with Crippen LogP contribution in [0.2, 0.25) is 10.0 Å². The van der Waals surface area contributed by atoms with Gasteiger partial charge in [-0.3, -0.25) is 0 Å². The standard InChI is InChI=1S/C14H17Cl2N3/c1-10(2)6-17-7-11-4-3-5-13(16)14(11)19-9-12(15)8-18-19/h3-5,8-10,17H,6-7H2,1-2H3. The second-order valence-electron chi connectivity index (χ2n) is 4.88. The van der Waals surface area contributed by atoms with Gasteiger partial charge in [0.1, 0.15) is 0 Å². The highest BCUT2D eigenvalue weighted by molar-refractivity contribution is 6.32. The van der Waals surface area contributed by atoms with Crippen molar-refractivity contribution < 1.29 is 0 Å². The van der Waals surface area contributed by atoms with E-state index < -0.39 is 0 Å². The predicted octanol–water partition coefficient (Wildman–Crippen LogP) is 3.92. The van der Waals surface area contributed by atoms with Crippen molar-refractivity contribution in [1.82, 2.24) is 15.1 Å². The number of hydrogen-bond acceptors (Lipinski definition) is 2. The van der Waals surface area contributed by atoms with E-state index in [1.807, 2.05) is 18.2 Å². The average Bonchev–Trinajstić information content (AvgIpc) is 2.75. The lowest BCUT2D eigenvalue weighted by molar-refractivity contribution is 0.551. The summed E-state index contributed by atoms with van der Waals surface area (Å²) in [5, 5.41) is 8.90. The number of hydrogen-bond donors (Lipinski definition) is 1. The Labute approximate surface area is 123 Å². The van der Waals surface area contributed by atoms with E-state index in [4.69, 9.17) is 23.2 Å². The first-order chi connectivity index (χ1) is 9.08. The molecule has 2 rings (SSSR count). The van der Waals surface area contributed by atoms with Crippen LogP contribution < -0.4 is 5.32 Å². The van der Waals surface area contributed by atoms with Crippen LogP contribution >= 0.6 is 23.2 Å². The fourth-order valence-electron chi connectivity index (χ4n) is 1.88. The van der Waals surface area contributed by atoms with Gasteiger partial charge in [-0.25, -0.2) is 4.68 Å². The summed E-state index contributed by atoms with van der Waals surface area (Å²) >= 11 is 12.2. The van der Waals surface area contributed by atoms with Gasteiger partial charge in [-0.2, -0.15) is 5.10 Å². The van der Waals surface area contributed by atoms with Gasteiger partial charge in [0, 0.05) is 12.7 Å². The first kappa shape index (κ1) is 14.4. The Bertz CT molecular complexity index is 549. The number of aromatic nitrogens is 2. The van der Waals surface area contributed by atoms with Gasteiger partial charge in [0.15, 0.2) is 0 Å². The SMILES string of the molecule is CC(C)CNCc1cccc(Cl)c1-n1cc(Cl)cn1. The number of benzene rings is 1. The van der Waals surface area contributed by atoms with Gasteiger partial charge in [-0.05, 0) is 24.1 Å². The van der Waals surface area contributed by atoms with E-state index >= 15 is 0 Å². The molecule has 0 bridgehead atoms. The molecule has 3 nitrogen and oxygen atoms in total.